The molecule has 0 amide bonds. The Bertz CT molecular complexity index is 3030. The summed E-state index contributed by atoms with van der Waals surface area (Å²) >= 11 is 1.30. The Labute approximate surface area is 489 Å². The number of benzene rings is 3. The van der Waals surface area contributed by atoms with Gasteiger partial charge in [-0.3, -0.25) is 19.2 Å². The molecule has 432 valence electrons. The highest BCUT2D eigenvalue weighted by Crippen LogP contribution is 2.40. The first-order valence-electron chi connectivity index (χ1n) is 27.5. The summed E-state index contributed by atoms with van der Waals surface area (Å²) in [5, 5.41) is 30.0. The van der Waals surface area contributed by atoms with E-state index in [1.165, 1.54) is 17.8 Å². The molecule has 9 rings (SSSR count). The molecule has 3 aromatic rings. The van der Waals surface area contributed by atoms with Crippen LogP contribution in [-0.2, 0) is 52.5 Å². The van der Waals surface area contributed by atoms with Gasteiger partial charge < -0.3 is 39.0 Å². The maximum Gasteiger partial charge on any atom is 0.339 e. The molecule has 0 aromatic heterocycles. The number of rotatable bonds is 24. The van der Waals surface area contributed by atoms with E-state index in [-0.39, 0.29) is 96.5 Å². The third kappa shape index (κ3) is 18.7. The molecule has 0 fully saturated rings. The third-order valence-corrected chi connectivity index (χ3v) is 15.1. The summed E-state index contributed by atoms with van der Waals surface area (Å²) < 4.78 is 28.0. The lowest BCUT2D eigenvalue weighted by Gasteiger charge is -2.29. The van der Waals surface area contributed by atoms with Crippen molar-refractivity contribution in [3.8, 4) is 0 Å². The van der Waals surface area contributed by atoms with Crippen LogP contribution in [0.3, 0.4) is 0 Å². The highest BCUT2D eigenvalue weighted by atomic mass is 32.2. The van der Waals surface area contributed by atoms with Crippen LogP contribution in [0.5, 0.6) is 0 Å². The molecular weight excluding hydrogens is 1070 g/mol. The Hall–Kier alpha value is -8.21. The smallest absolute Gasteiger partial charge is 0.339 e. The molecule has 14 nitrogen and oxygen atoms in total. The fraction of sp³-hybridized carbons (Fsp3) is 0.294. The van der Waals surface area contributed by atoms with Crippen molar-refractivity contribution in [1.29, 1.82) is 0 Å². The van der Waals surface area contributed by atoms with Crippen molar-refractivity contribution in [3.63, 3.8) is 0 Å². The lowest BCUT2D eigenvalue weighted by Crippen LogP contribution is -2.30. The predicted molar refractivity (Wildman–Crippen MR) is 320 cm³/mol. The van der Waals surface area contributed by atoms with Crippen molar-refractivity contribution in [2.75, 3.05) is 19.8 Å². The van der Waals surface area contributed by atoms with Crippen LogP contribution in [0.15, 0.2) is 218 Å². The number of hydrogen-bond acceptors (Lipinski definition) is 15. The number of ether oxygens (including phenoxy) is 5. The molecule has 0 bridgehead atoms. The van der Waals surface area contributed by atoms with Gasteiger partial charge in [-0.05, 0) is 103 Å². The van der Waals surface area contributed by atoms with Crippen molar-refractivity contribution in [2.24, 2.45) is 17.8 Å². The topological polar surface area (TPSA) is 209 Å². The van der Waals surface area contributed by atoms with Gasteiger partial charge in [0.1, 0.15) is 49.3 Å². The zero-order chi connectivity index (χ0) is 59.4. The largest absolute Gasteiger partial charge is 0.491 e. The zero-order valence-corrected chi connectivity index (χ0v) is 47.4. The summed E-state index contributed by atoms with van der Waals surface area (Å²) in [4.78, 5) is 71.5. The average Bonchev–Trinajstić information content (AvgIpc) is 3.57. The molecule has 6 aliphatic rings. The molecule has 15 heteroatoms. The van der Waals surface area contributed by atoms with Gasteiger partial charge in [-0.1, -0.05) is 159 Å². The van der Waals surface area contributed by atoms with Gasteiger partial charge in [-0.15, -0.1) is 0 Å². The standard InChI is InChI=1S/C23H24O5.C23H24O4S.C22H22O5/c2*1-15(2)21(25)11-9-18(24)14-27-19-10-8-17-12-20(16-6-4-3-5-7-16)23(26)28-22(17)13-19;1-2-17(23)9-10-18(24)14-26-19-11-8-16-12-20(15-6-4-3-5-7-15)22(25)27-21(16)13-19/h2*3-8,10,12-13,17-18,22,24H,1,9,11,14H2,2H3;2-8,11-13,16,18,21,24H,1,9-10,14H2. The van der Waals surface area contributed by atoms with Crippen LogP contribution in [0.4, 0.5) is 0 Å². The summed E-state index contributed by atoms with van der Waals surface area (Å²) in [6.45, 7) is 14.2. The number of aliphatic hydroxyl groups excluding tert-OH is 3. The lowest BCUT2D eigenvalue weighted by atomic mass is 9.90. The fourth-order valence-electron chi connectivity index (χ4n) is 9.11. The summed E-state index contributed by atoms with van der Waals surface area (Å²) in [5.41, 5.74) is 5.44. The molecule has 3 aromatic carbocycles. The van der Waals surface area contributed by atoms with Gasteiger partial charge in [-0.2, -0.15) is 0 Å². The van der Waals surface area contributed by atoms with Gasteiger partial charge in [0.15, 0.2) is 17.3 Å². The number of thioether (sulfide) groups is 1. The van der Waals surface area contributed by atoms with Gasteiger partial charge in [-0.25, -0.2) is 9.59 Å². The Morgan fingerprint density at radius 3 is 1.29 bits per heavy atom. The van der Waals surface area contributed by atoms with E-state index in [0.717, 1.165) is 22.3 Å². The second kappa shape index (κ2) is 30.7. The quantitative estimate of drug-likeness (QED) is 0.0563. The van der Waals surface area contributed by atoms with Crippen molar-refractivity contribution >= 4 is 62.9 Å². The summed E-state index contributed by atoms with van der Waals surface area (Å²) in [7, 11) is 0. The van der Waals surface area contributed by atoms with Crippen LogP contribution >= 0.6 is 11.8 Å². The molecule has 0 spiro atoms. The predicted octanol–water partition coefficient (Wildman–Crippen LogP) is 10.4. The van der Waals surface area contributed by atoms with E-state index in [0.29, 0.717) is 58.8 Å². The Morgan fingerprint density at radius 1 is 0.530 bits per heavy atom. The highest BCUT2D eigenvalue weighted by molar-refractivity contribution is 8.15. The van der Waals surface area contributed by atoms with Crippen molar-refractivity contribution in [3.05, 3.63) is 235 Å². The van der Waals surface area contributed by atoms with Gasteiger partial charge in [0.05, 0.1) is 29.5 Å². The summed E-state index contributed by atoms with van der Waals surface area (Å²) in [6, 6.07) is 28.5. The number of hydrogen-bond donors (Lipinski definition) is 3. The number of fused-ring (bicyclic) bond motifs is 3. The van der Waals surface area contributed by atoms with E-state index in [1.54, 1.807) is 32.1 Å². The molecule has 3 aliphatic carbocycles. The summed E-state index contributed by atoms with van der Waals surface area (Å²) in [6.07, 6.45) is 22.5. The number of aliphatic hydroxyl groups is 3. The van der Waals surface area contributed by atoms with Crippen LogP contribution in [0.2, 0.25) is 0 Å². The van der Waals surface area contributed by atoms with E-state index < -0.39 is 30.5 Å². The lowest BCUT2D eigenvalue weighted by molar-refractivity contribution is -0.142. The second-order valence-electron chi connectivity index (χ2n) is 20.6. The number of ketones is 3. The van der Waals surface area contributed by atoms with Crippen LogP contribution < -0.4 is 0 Å². The molecule has 9 unspecified atom stereocenters. The summed E-state index contributed by atoms with van der Waals surface area (Å²) in [5.74, 6) is 0.790. The number of allylic oxidation sites excluding steroid dienone is 8. The Balaban J connectivity index is 0.000000179. The molecule has 0 saturated heterocycles. The maximum absolute atomic E-state index is 12.5. The maximum atomic E-state index is 12.5. The van der Waals surface area contributed by atoms with E-state index in [2.05, 4.69) is 19.7 Å². The van der Waals surface area contributed by atoms with Gasteiger partial charge in [0.2, 0.25) is 5.12 Å². The van der Waals surface area contributed by atoms with Crippen molar-refractivity contribution in [1.82, 2.24) is 0 Å². The van der Waals surface area contributed by atoms with Crippen LogP contribution in [-0.4, -0.2) is 105 Å². The van der Waals surface area contributed by atoms with Gasteiger partial charge in [0, 0.05) is 47.8 Å². The number of Topliss-reactive ketones (excluding diaryl/α,β-unsaturated/α-hetero) is 2. The highest BCUT2D eigenvalue weighted by Gasteiger charge is 2.34. The number of esters is 2. The van der Waals surface area contributed by atoms with Crippen LogP contribution in [0.1, 0.15) is 69.1 Å². The normalized spacial score (nSPS) is 21.9. The first-order valence-corrected chi connectivity index (χ1v) is 28.4. The van der Waals surface area contributed by atoms with E-state index in [9.17, 15) is 44.1 Å². The van der Waals surface area contributed by atoms with Gasteiger partial charge in [0.25, 0.3) is 0 Å². The minimum absolute atomic E-state index is 0.0119. The SMILES string of the molecule is C=C(C)C(=O)CCC(O)COC1=CC2OC(=O)C(c3ccccc3)=CC2C=C1.C=C(C)C(=O)CCC(O)COC1=CC2SC(=O)C(c3ccccc3)=CC2C=C1.C=CC(=O)CCC(O)COC1=CC2OC(=O)C(c3ccccc3)=CC2C=C1. The van der Waals surface area contributed by atoms with E-state index in [1.807, 2.05) is 146 Å². The van der Waals surface area contributed by atoms with Gasteiger partial charge >= 0.3 is 11.9 Å². The average molecular weight is 1140 g/mol. The van der Waals surface area contributed by atoms with E-state index >= 15 is 0 Å². The molecule has 83 heavy (non-hydrogen) atoms. The minimum atomic E-state index is -0.756. The third-order valence-electron chi connectivity index (χ3n) is 13.9. The van der Waals surface area contributed by atoms with Crippen LogP contribution in [0, 0.1) is 17.8 Å². The fourth-order valence-corrected chi connectivity index (χ4v) is 10.2. The Morgan fingerprint density at radius 2 is 0.892 bits per heavy atom. The first kappa shape index (κ1) is 62.4. The van der Waals surface area contributed by atoms with E-state index in [4.69, 9.17) is 23.7 Å². The molecular formula is C68H70O14S. The molecule has 9 atom stereocenters. The molecule has 0 radical (unpaired) electrons. The van der Waals surface area contributed by atoms with Crippen molar-refractivity contribution < 1.29 is 67.8 Å². The molecule has 3 heterocycles. The molecule has 0 saturated carbocycles. The first-order chi connectivity index (χ1) is 39.9. The molecule has 3 N–H and O–H groups in total. The monoisotopic (exact) mass is 1140 g/mol. The minimum Gasteiger partial charge on any atom is -0.491 e. The second-order valence-corrected chi connectivity index (χ2v) is 21.7. The van der Waals surface area contributed by atoms with Crippen LogP contribution in [0.25, 0.3) is 16.7 Å². The Kier molecular flexibility index (Phi) is 23.1. The molecule has 3 aliphatic heterocycles. The zero-order valence-electron chi connectivity index (χ0n) is 46.6. The number of carbonyl (C=O) groups excluding carboxylic acids is 6. The van der Waals surface area contributed by atoms with Crippen molar-refractivity contribution in [2.45, 2.75) is 88.1 Å². The number of carbonyl (C=O) groups is 6.